The lowest BCUT2D eigenvalue weighted by Crippen LogP contribution is -2.28. The minimum atomic E-state index is -0.446. The number of aromatic nitrogens is 2. The molecule has 0 spiro atoms. The van der Waals surface area contributed by atoms with Crippen molar-refractivity contribution in [1.29, 1.82) is 0 Å². The van der Waals surface area contributed by atoms with Crippen molar-refractivity contribution in [2.24, 2.45) is 5.92 Å². The Bertz CT molecular complexity index is 892. The first-order valence-electron chi connectivity index (χ1n) is 9.73. The van der Waals surface area contributed by atoms with Crippen molar-refractivity contribution >= 4 is 45.6 Å². The number of amides is 3. The van der Waals surface area contributed by atoms with E-state index in [-0.39, 0.29) is 24.1 Å². The van der Waals surface area contributed by atoms with Crippen LogP contribution in [0.5, 0.6) is 0 Å². The van der Waals surface area contributed by atoms with Crippen LogP contribution in [0.1, 0.15) is 51.0 Å². The van der Waals surface area contributed by atoms with Gasteiger partial charge in [0.15, 0.2) is 0 Å². The van der Waals surface area contributed by atoms with Gasteiger partial charge >= 0.3 is 0 Å². The molecule has 154 valence electrons. The monoisotopic (exact) mass is 415 g/mol. The number of carbonyl (C=O) groups excluding carboxylic acids is 3. The zero-order chi connectivity index (χ0) is 21.0. The van der Waals surface area contributed by atoms with Crippen molar-refractivity contribution in [3.05, 3.63) is 29.3 Å². The van der Waals surface area contributed by atoms with Gasteiger partial charge in [0.05, 0.1) is 5.92 Å². The molecule has 0 aliphatic carbocycles. The van der Waals surface area contributed by atoms with Gasteiger partial charge < -0.3 is 15.5 Å². The van der Waals surface area contributed by atoms with Gasteiger partial charge in [-0.1, -0.05) is 25.2 Å². The maximum absolute atomic E-state index is 12.6. The van der Waals surface area contributed by atoms with E-state index >= 15 is 0 Å². The van der Waals surface area contributed by atoms with E-state index in [1.54, 1.807) is 29.2 Å². The van der Waals surface area contributed by atoms with E-state index in [1.165, 1.54) is 18.3 Å². The van der Waals surface area contributed by atoms with Crippen molar-refractivity contribution in [1.82, 2.24) is 10.2 Å². The summed E-state index contributed by atoms with van der Waals surface area (Å²) in [5, 5.41) is 15.2. The van der Waals surface area contributed by atoms with Crippen LogP contribution >= 0.6 is 11.3 Å². The molecule has 1 aromatic carbocycles. The molecule has 3 rings (SSSR count). The Labute approximate surface area is 173 Å². The molecule has 8 nitrogen and oxygen atoms in total. The first-order valence-corrected chi connectivity index (χ1v) is 10.5. The van der Waals surface area contributed by atoms with Gasteiger partial charge in [-0.05, 0) is 37.1 Å². The van der Waals surface area contributed by atoms with Crippen molar-refractivity contribution in [2.45, 2.75) is 46.0 Å². The highest BCUT2D eigenvalue weighted by atomic mass is 32.1. The minimum Gasteiger partial charge on any atom is -0.326 e. The van der Waals surface area contributed by atoms with Crippen LogP contribution in [0.2, 0.25) is 0 Å². The summed E-state index contributed by atoms with van der Waals surface area (Å²) >= 11 is 1.39. The van der Waals surface area contributed by atoms with E-state index in [0.29, 0.717) is 29.0 Å². The van der Waals surface area contributed by atoms with Crippen LogP contribution in [-0.2, 0) is 14.4 Å². The van der Waals surface area contributed by atoms with Crippen LogP contribution in [0.3, 0.4) is 0 Å². The highest BCUT2D eigenvalue weighted by Gasteiger charge is 2.35. The van der Waals surface area contributed by atoms with Crippen LogP contribution in [0.25, 0.3) is 0 Å². The van der Waals surface area contributed by atoms with E-state index in [4.69, 9.17) is 0 Å². The molecule has 29 heavy (non-hydrogen) atoms. The SMILES string of the molecule is CCC(CC)c1nnc(NC(=O)C2CC(=O)N(c3ccc(NC(C)=O)cc3)C2)s1. The predicted octanol–water partition coefficient (Wildman–Crippen LogP) is 3.39. The summed E-state index contributed by atoms with van der Waals surface area (Å²) in [6.07, 6.45) is 2.11. The molecule has 2 heterocycles. The molecule has 1 unspecified atom stereocenters. The van der Waals surface area contributed by atoms with Crippen molar-refractivity contribution in [2.75, 3.05) is 22.1 Å². The Morgan fingerprint density at radius 2 is 1.86 bits per heavy atom. The molecular weight excluding hydrogens is 390 g/mol. The molecule has 0 saturated carbocycles. The molecule has 9 heteroatoms. The van der Waals surface area contributed by atoms with Gasteiger partial charge in [0.2, 0.25) is 22.9 Å². The Hall–Kier alpha value is -2.81. The fourth-order valence-electron chi connectivity index (χ4n) is 3.36. The zero-order valence-corrected chi connectivity index (χ0v) is 17.6. The fraction of sp³-hybridized carbons (Fsp3) is 0.450. The second-order valence-corrected chi connectivity index (χ2v) is 8.09. The normalized spacial score (nSPS) is 16.3. The van der Waals surface area contributed by atoms with E-state index in [2.05, 4.69) is 34.7 Å². The van der Waals surface area contributed by atoms with Gasteiger partial charge in [0, 0.05) is 37.2 Å². The van der Waals surface area contributed by atoms with Crippen LogP contribution < -0.4 is 15.5 Å². The number of rotatable bonds is 7. The van der Waals surface area contributed by atoms with E-state index < -0.39 is 5.92 Å². The molecule has 2 N–H and O–H groups in total. The average Bonchev–Trinajstić information content (AvgIpc) is 3.30. The fourth-order valence-corrected chi connectivity index (χ4v) is 4.37. The molecule has 1 saturated heterocycles. The molecule has 1 aliphatic heterocycles. The van der Waals surface area contributed by atoms with Gasteiger partial charge in [-0.15, -0.1) is 10.2 Å². The van der Waals surface area contributed by atoms with Gasteiger partial charge in [0.25, 0.3) is 0 Å². The second-order valence-electron chi connectivity index (χ2n) is 7.08. The van der Waals surface area contributed by atoms with Crippen LogP contribution in [-0.4, -0.2) is 34.5 Å². The van der Waals surface area contributed by atoms with E-state index in [9.17, 15) is 14.4 Å². The minimum absolute atomic E-state index is 0.104. The first kappa shape index (κ1) is 20.9. The largest absolute Gasteiger partial charge is 0.326 e. The van der Waals surface area contributed by atoms with Crippen molar-refractivity contribution in [3.63, 3.8) is 0 Å². The van der Waals surface area contributed by atoms with E-state index in [0.717, 1.165) is 17.8 Å². The Morgan fingerprint density at radius 3 is 2.48 bits per heavy atom. The Kier molecular flexibility index (Phi) is 6.58. The summed E-state index contributed by atoms with van der Waals surface area (Å²) in [5.41, 5.74) is 1.36. The number of carbonyl (C=O) groups is 3. The highest BCUT2D eigenvalue weighted by Crippen LogP contribution is 2.30. The van der Waals surface area contributed by atoms with Crippen LogP contribution in [0.15, 0.2) is 24.3 Å². The zero-order valence-electron chi connectivity index (χ0n) is 16.8. The second kappa shape index (κ2) is 9.13. The molecule has 1 fully saturated rings. The summed E-state index contributed by atoms with van der Waals surface area (Å²) in [7, 11) is 0. The topological polar surface area (TPSA) is 104 Å². The highest BCUT2D eigenvalue weighted by molar-refractivity contribution is 7.15. The summed E-state index contributed by atoms with van der Waals surface area (Å²) in [5.74, 6) is -0.577. The number of nitrogens with zero attached hydrogens (tertiary/aromatic N) is 3. The van der Waals surface area contributed by atoms with Gasteiger partial charge in [-0.25, -0.2) is 0 Å². The van der Waals surface area contributed by atoms with E-state index in [1.807, 2.05) is 0 Å². The third-order valence-electron chi connectivity index (χ3n) is 5.00. The molecule has 0 bridgehead atoms. The lowest BCUT2D eigenvalue weighted by Gasteiger charge is -2.17. The van der Waals surface area contributed by atoms with Crippen molar-refractivity contribution < 1.29 is 14.4 Å². The summed E-state index contributed by atoms with van der Waals surface area (Å²) < 4.78 is 0. The lowest BCUT2D eigenvalue weighted by molar-refractivity contribution is -0.122. The summed E-state index contributed by atoms with van der Waals surface area (Å²) in [6, 6.07) is 6.99. The number of nitrogens with one attached hydrogen (secondary N) is 2. The third kappa shape index (κ3) is 4.97. The maximum atomic E-state index is 12.6. The van der Waals surface area contributed by atoms with Crippen LogP contribution in [0, 0.1) is 5.92 Å². The maximum Gasteiger partial charge on any atom is 0.231 e. The Morgan fingerprint density at radius 1 is 1.17 bits per heavy atom. The number of benzene rings is 1. The molecule has 0 radical (unpaired) electrons. The number of anilines is 3. The average molecular weight is 416 g/mol. The quantitative estimate of drug-likeness (QED) is 0.721. The molecule has 1 aromatic heterocycles. The van der Waals surface area contributed by atoms with Crippen molar-refractivity contribution in [3.8, 4) is 0 Å². The Balaban J connectivity index is 1.62. The van der Waals surface area contributed by atoms with Gasteiger partial charge in [-0.2, -0.15) is 0 Å². The molecule has 3 amide bonds. The number of hydrogen-bond donors (Lipinski definition) is 2. The summed E-state index contributed by atoms with van der Waals surface area (Å²) in [6.45, 7) is 5.96. The van der Waals surface area contributed by atoms with Gasteiger partial charge in [0.1, 0.15) is 5.01 Å². The summed E-state index contributed by atoms with van der Waals surface area (Å²) in [4.78, 5) is 37.8. The standard InChI is InChI=1S/C20H25N5O3S/c1-4-13(5-2)19-23-24-20(29-19)22-18(28)14-10-17(27)25(11-14)16-8-6-15(7-9-16)21-12(3)26/h6-9,13-14H,4-5,10-11H2,1-3H3,(H,21,26)(H,22,24,28). The smallest absolute Gasteiger partial charge is 0.231 e. The predicted molar refractivity (Wildman–Crippen MR) is 113 cm³/mol. The molecule has 2 aromatic rings. The number of hydrogen-bond acceptors (Lipinski definition) is 6. The lowest BCUT2D eigenvalue weighted by atomic mass is 10.1. The molecule has 1 aliphatic rings. The molecule has 1 atom stereocenters. The first-order chi connectivity index (χ1) is 13.9. The van der Waals surface area contributed by atoms with Gasteiger partial charge in [-0.3, -0.25) is 14.4 Å². The van der Waals surface area contributed by atoms with Crippen LogP contribution in [0.4, 0.5) is 16.5 Å². The molecular formula is C20H25N5O3S. The third-order valence-corrected chi connectivity index (χ3v) is 6.00.